The van der Waals surface area contributed by atoms with Crippen molar-refractivity contribution in [2.45, 2.75) is 30.9 Å². The van der Waals surface area contributed by atoms with Gasteiger partial charge in [0.1, 0.15) is 6.61 Å². The number of hydrogen-bond donors (Lipinski definition) is 1. The molecule has 2 fully saturated rings. The number of hydrogen-bond acceptors (Lipinski definition) is 7. The van der Waals surface area contributed by atoms with Crippen LogP contribution in [0.2, 0.25) is 0 Å². The van der Waals surface area contributed by atoms with Crippen molar-refractivity contribution in [2.75, 3.05) is 33.9 Å². The van der Waals surface area contributed by atoms with Crippen LogP contribution in [-0.2, 0) is 14.3 Å². The first kappa shape index (κ1) is 18.3. The third kappa shape index (κ3) is 3.70. The highest BCUT2D eigenvalue weighted by Gasteiger charge is 2.45. The van der Waals surface area contributed by atoms with Gasteiger partial charge in [0.15, 0.2) is 17.1 Å². The minimum absolute atomic E-state index is 0.0209. The summed E-state index contributed by atoms with van der Waals surface area (Å²) in [6.07, 6.45) is 0.727. The Kier molecular flexibility index (Phi) is 5.22. The third-order valence-electron chi connectivity index (χ3n) is 5.01. The van der Waals surface area contributed by atoms with Crippen LogP contribution in [0.4, 0.5) is 4.79 Å². The van der Waals surface area contributed by atoms with Crippen LogP contribution in [-0.4, -0.2) is 56.5 Å². The molecule has 8 heteroatoms. The monoisotopic (exact) mass is 364 g/mol. The van der Waals surface area contributed by atoms with E-state index in [1.165, 1.54) is 0 Å². The topological polar surface area (TPSA) is 100 Å². The van der Waals surface area contributed by atoms with Crippen LogP contribution in [0.1, 0.15) is 30.9 Å². The number of methoxy groups -OCH3 is 2. The fraction of sp³-hybridized carbons (Fsp3) is 0.556. The maximum Gasteiger partial charge on any atom is 0.509 e. The van der Waals surface area contributed by atoms with E-state index in [4.69, 9.17) is 24.7 Å². The number of piperidine rings is 1. The SMILES string of the molecule is COc1ccc([C@H](N)CC(=O)N2CCC3(CC2)COC(=O)O3)cc1OC. The van der Waals surface area contributed by atoms with E-state index < -0.39 is 17.8 Å². The standard InChI is InChI=1S/C18H24N2O6/c1-23-14-4-3-12(9-15(14)24-2)13(19)10-16(21)20-7-5-18(6-8-20)11-25-17(22)26-18/h3-4,9,13H,5-8,10-11,19H2,1-2H3/t13-/m1/s1. The molecule has 0 radical (unpaired) electrons. The highest BCUT2D eigenvalue weighted by atomic mass is 16.8. The Morgan fingerprint density at radius 1 is 1.27 bits per heavy atom. The van der Waals surface area contributed by atoms with Gasteiger partial charge < -0.3 is 29.6 Å². The fourth-order valence-electron chi connectivity index (χ4n) is 3.35. The molecule has 0 saturated carbocycles. The molecule has 2 heterocycles. The Labute approximate surface area is 152 Å². The highest BCUT2D eigenvalue weighted by molar-refractivity contribution is 5.77. The van der Waals surface area contributed by atoms with Gasteiger partial charge in [-0.2, -0.15) is 0 Å². The zero-order chi connectivity index (χ0) is 18.7. The summed E-state index contributed by atoms with van der Waals surface area (Å²) in [6.45, 7) is 1.31. The number of cyclic esters (lactones) is 1. The number of nitrogens with two attached hydrogens (primary N) is 1. The first-order valence-corrected chi connectivity index (χ1v) is 8.57. The molecule has 2 aliphatic rings. The number of carbonyl (C=O) groups excluding carboxylic acids is 2. The van der Waals surface area contributed by atoms with E-state index in [-0.39, 0.29) is 18.9 Å². The van der Waals surface area contributed by atoms with E-state index in [9.17, 15) is 9.59 Å². The summed E-state index contributed by atoms with van der Waals surface area (Å²) in [6, 6.07) is 4.96. The summed E-state index contributed by atoms with van der Waals surface area (Å²) in [5.74, 6) is 1.17. The molecule has 2 saturated heterocycles. The van der Waals surface area contributed by atoms with E-state index in [2.05, 4.69) is 0 Å². The van der Waals surface area contributed by atoms with Crippen LogP contribution in [0.15, 0.2) is 18.2 Å². The van der Waals surface area contributed by atoms with Crippen molar-refractivity contribution >= 4 is 12.1 Å². The predicted molar refractivity (Wildman–Crippen MR) is 92.1 cm³/mol. The van der Waals surface area contributed by atoms with Crippen LogP contribution in [0.5, 0.6) is 11.5 Å². The molecule has 1 spiro atoms. The van der Waals surface area contributed by atoms with Gasteiger partial charge in [-0.1, -0.05) is 6.07 Å². The van der Waals surface area contributed by atoms with Gasteiger partial charge in [-0.05, 0) is 17.7 Å². The van der Waals surface area contributed by atoms with Crippen LogP contribution in [0, 0.1) is 0 Å². The maximum atomic E-state index is 12.6. The molecule has 26 heavy (non-hydrogen) atoms. The molecule has 2 aliphatic heterocycles. The van der Waals surface area contributed by atoms with E-state index in [0.717, 1.165) is 5.56 Å². The second-order valence-electron chi connectivity index (χ2n) is 6.63. The fourth-order valence-corrected chi connectivity index (χ4v) is 3.35. The molecule has 0 aromatic heterocycles. The predicted octanol–water partition coefficient (Wildman–Crippen LogP) is 1.62. The number of likely N-dealkylation sites (tertiary alicyclic amines) is 1. The van der Waals surface area contributed by atoms with Crippen molar-refractivity contribution in [2.24, 2.45) is 5.73 Å². The van der Waals surface area contributed by atoms with E-state index >= 15 is 0 Å². The van der Waals surface area contributed by atoms with Crippen molar-refractivity contribution in [3.8, 4) is 11.5 Å². The molecule has 0 aliphatic carbocycles. The van der Waals surface area contributed by atoms with Gasteiger partial charge >= 0.3 is 6.16 Å². The summed E-state index contributed by atoms with van der Waals surface area (Å²) >= 11 is 0. The molecule has 1 aromatic carbocycles. The van der Waals surface area contributed by atoms with Gasteiger partial charge in [-0.25, -0.2) is 4.79 Å². The van der Waals surface area contributed by atoms with Gasteiger partial charge in [0.2, 0.25) is 5.91 Å². The minimum atomic E-state index is -0.625. The van der Waals surface area contributed by atoms with E-state index in [1.807, 2.05) is 6.07 Å². The van der Waals surface area contributed by atoms with Crippen molar-refractivity contribution < 1.29 is 28.5 Å². The summed E-state index contributed by atoms with van der Waals surface area (Å²) < 4.78 is 20.7. The molecule has 1 amide bonds. The Morgan fingerprint density at radius 2 is 1.96 bits per heavy atom. The Morgan fingerprint density at radius 3 is 2.54 bits per heavy atom. The first-order chi connectivity index (χ1) is 12.5. The van der Waals surface area contributed by atoms with Gasteiger partial charge in [-0.15, -0.1) is 0 Å². The number of amides is 1. The van der Waals surface area contributed by atoms with Crippen LogP contribution >= 0.6 is 0 Å². The number of rotatable bonds is 5. The number of ether oxygens (including phenoxy) is 4. The van der Waals surface area contributed by atoms with E-state index in [1.54, 1.807) is 31.3 Å². The summed E-state index contributed by atoms with van der Waals surface area (Å²) in [4.78, 5) is 25.5. The smallest absolute Gasteiger partial charge is 0.493 e. The average molecular weight is 364 g/mol. The van der Waals surface area contributed by atoms with Gasteiger partial charge in [0, 0.05) is 38.4 Å². The largest absolute Gasteiger partial charge is 0.509 e. The Hall–Kier alpha value is -2.48. The second kappa shape index (κ2) is 7.41. The van der Waals surface area contributed by atoms with Crippen molar-refractivity contribution in [1.82, 2.24) is 4.90 Å². The van der Waals surface area contributed by atoms with Crippen molar-refractivity contribution in [3.63, 3.8) is 0 Å². The zero-order valence-corrected chi connectivity index (χ0v) is 15.0. The normalized spacial score (nSPS) is 19.7. The third-order valence-corrected chi connectivity index (χ3v) is 5.01. The van der Waals surface area contributed by atoms with Crippen molar-refractivity contribution in [1.29, 1.82) is 0 Å². The second-order valence-corrected chi connectivity index (χ2v) is 6.63. The van der Waals surface area contributed by atoms with Gasteiger partial charge in [-0.3, -0.25) is 4.79 Å². The number of carbonyl (C=O) groups is 2. The number of nitrogens with zero attached hydrogens (tertiary/aromatic N) is 1. The Bertz CT molecular complexity index is 684. The first-order valence-electron chi connectivity index (χ1n) is 8.57. The highest BCUT2D eigenvalue weighted by Crippen LogP contribution is 2.33. The molecule has 142 valence electrons. The molecular weight excluding hydrogens is 340 g/mol. The van der Waals surface area contributed by atoms with Crippen molar-refractivity contribution in [3.05, 3.63) is 23.8 Å². The summed E-state index contributed by atoms with van der Waals surface area (Å²) in [5.41, 5.74) is 6.46. The molecule has 3 rings (SSSR count). The maximum absolute atomic E-state index is 12.6. The molecule has 2 N–H and O–H groups in total. The lowest BCUT2D eigenvalue weighted by Crippen LogP contribution is -2.48. The van der Waals surface area contributed by atoms with Gasteiger partial charge in [0.25, 0.3) is 0 Å². The van der Waals surface area contributed by atoms with Crippen LogP contribution in [0.25, 0.3) is 0 Å². The molecule has 1 aromatic rings. The van der Waals surface area contributed by atoms with E-state index in [0.29, 0.717) is 37.4 Å². The number of benzene rings is 1. The zero-order valence-electron chi connectivity index (χ0n) is 15.0. The minimum Gasteiger partial charge on any atom is -0.493 e. The molecule has 0 unspecified atom stereocenters. The molecule has 0 bridgehead atoms. The lowest BCUT2D eigenvalue weighted by molar-refractivity contribution is -0.135. The average Bonchev–Trinajstić information content (AvgIpc) is 3.01. The quantitative estimate of drug-likeness (QED) is 0.792. The molecule has 1 atom stereocenters. The van der Waals surface area contributed by atoms with Crippen LogP contribution < -0.4 is 15.2 Å². The molecule has 8 nitrogen and oxygen atoms in total. The summed E-state index contributed by atoms with van der Waals surface area (Å²) in [5, 5.41) is 0. The summed E-state index contributed by atoms with van der Waals surface area (Å²) in [7, 11) is 3.12. The molecular formula is C18H24N2O6. The van der Waals surface area contributed by atoms with Gasteiger partial charge in [0.05, 0.1) is 14.2 Å². The van der Waals surface area contributed by atoms with Crippen LogP contribution in [0.3, 0.4) is 0 Å². The lowest BCUT2D eigenvalue weighted by Gasteiger charge is -2.36. The lowest BCUT2D eigenvalue weighted by atomic mass is 9.92. The Balaban J connectivity index is 1.57.